The SMILES string of the molecule is C[S@@](=O)CCN1CCN(S(=O)(=O)c2ccc(F)cc2)CC1. The molecule has 0 unspecified atom stereocenters. The van der Waals surface area contributed by atoms with Gasteiger partial charge in [0.15, 0.2) is 0 Å². The maximum atomic E-state index is 12.9. The summed E-state index contributed by atoms with van der Waals surface area (Å²) in [4.78, 5) is 2.23. The van der Waals surface area contributed by atoms with Crippen molar-refractivity contribution in [3.05, 3.63) is 30.1 Å². The maximum absolute atomic E-state index is 12.9. The van der Waals surface area contributed by atoms with Crippen molar-refractivity contribution in [1.29, 1.82) is 0 Å². The first-order valence-corrected chi connectivity index (χ1v) is 9.84. The molecule has 1 aromatic carbocycles. The zero-order valence-electron chi connectivity index (χ0n) is 11.9. The topological polar surface area (TPSA) is 57.7 Å². The highest BCUT2D eigenvalue weighted by molar-refractivity contribution is 7.89. The van der Waals surface area contributed by atoms with Gasteiger partial charge in [-0.15, -0.1) is 0 Å². The van der Waals surface area contributed by atoms with E-state index < -0.39 is 26.6 Å². The van der Waals surface area contributed by atoms with Gasteiger partial charge in [0.2, 0.25) is 10.0 Å². The molecule has 8 heteroatoms. The average molecular weight is 334 g/mol. The Bertz CT molecular complexity index is 596. The lowest BCUT2D eigenvalue weighted by Gasteiger charge is -2.33. The molecule has 0 saturated carbocycles. The van der Waals surface area contributed by atoms with E-state index in [2.05, 4.69) is 4.90 Å². The summed E-state index contributed by atoms with van der Waals surface area (Å²) in [6.07, 6.45) is 1.66. The molecule has 1 aliphatic heterocycles. The van der Waals surface area contributed by atoms with Gasteiger partial charge >= 0.3 is 0 Å². The van der Waals surface area contributed by atoms with Crippen LogP contribution in [-0.2, 0) is 20.8 Å². The monoisotopic (exact) mass is 334 g/mol. The number of hydrogen-bond donors (Lipinski definition) is 0. The second kappa shape index (κ2) is 6.95. The number of benzene rings is 1. The highest BCUT2D eigenvalue weighted by Crippen LogP contribution is 2.17. The summed E-state index contributed by atoms with van der Waals surface area (Å²) < 4.78 is 50.2. The van der Waals surface area contributed by atoms with Crippen molar-refractivity contribution in [3.8, 4) is 0 Å². The van der Waals surface area contributed by atoms with Crippen LogP contribution in [0.5, 0.6) is 0 Å². The number of piperazine rings is 1. The van der Waals surface area contributed by atoms with Crippen molar-refractivity contribution in [3.63, 3.8) is 0 Å². The Morgan fingerprint density at radius 2 is 1.71 bits per heavy atom. The molecule has 1 aromatic rings. The molecular weight excluding hydrogens is 315 g/mol. The highest BCUT2D eigenvalue weighted by Gasteiger charge is 2.28. The van der Waals surface area contributed by atoms with E-state index in [1.807, 2.05) is 0 Å². The van der Waals surface area contributed by atoms with Gasteiger partial charge in [0.25, 0.3) is 0 Å². The lowest BCUT2D eigenvalue weighted by molar-refractivity contribution is 0.197. The van der Waals surface area contributed by atoms with E-state index in [1.165, 1.54) is 16.4 Å². The summed E-state index contributed by atoms with van der Waals surface area (Å²) in [7, 11) is -4.39. The molecule has 0 spiro atoms. The van der Waals surface area contributed by atoms with Crippen LogP contribution in [0.1, 0.15) is 0 Å². The van der Waals surface area contributed by atoms with E-state index in [-0.39, 0.29) is 4.90 Å². The molecule has 1 fully saturated rings. The molecular formula is C13H19FN2O3S2. The van der Waals surface area contributed by atoms with Crippen LogP contribution in [0.3, 0.4) is 0 Å². The molecule has 1 heterocycles. The van der Waals surface area contributed by atoms with E-state index in [9.17, 15) is 17.0 Å². The van der Waals surface area contributed by atoms with Gasteiger partial charge in [-0.25, -0.2) is 12.8 Å². The quantitative estimate of drug-likeness (QED) is 0.787. The van der Waals surface area contributed by atoms with Crippen molar-refractivity contribution >= 4 is 20.8 Å². The van der Waals surface area contributed by atoms with Crippen LogP contribution < -0.4 is 0 Å². The van der Waals surface area contributed by atoms with Crippen LogP contribution in [0, 0.1) is 5.82 Å². The van der Waals surface area contributed by atoms with Crippen LogP contribution >= 0.6 is 0 Å². The van der Waals surface area contributed by atoms with E-state index in [1.54, 1.807) is 6.26 Å². The zero-order chi connectivity index (χ0) is 15.5. The van der Waals surface area contributed by atoms with Crippen LogP contribution in [0.25, 0.3) is 0 Å². The normalized spacial score (nSPS) is 19.5. The molecule has 118 valence electrons. The van der Waals surface area contributed by atoms with Crippen molar-refractivity contribution < 1.29 is 17.0 Å². The van der Waals surface area contributed by atoms with Crippen LogP contribution in [0.15, 0.2) is 29.2 Å². The molecule has 1 atom stereocenters. The number of halogens is 1. The number of rotatable bonds is 5. The Hall–Kier alpha value is -0.830. The minimum Gasteiger partial charge on any atom is -0.300 e. The van der Waals surface area contributed by atoms with Gasteiger partial charge in [-0.05, 0) is 24.3 Å². The second-order valence-electron chi connectivity index (χ2n) is 4.98. The Balaban J connectivity index is 1.97. The highest BCUT2D eigenvalue weighted by atomic mass is 32.2. The predicted molar refractivity (Wildman–Crippen MR) is 80.5 cm³/mol. The fourth-order valence-electron chi connectivity index (χ4n) is 2.21. The fourth-order valence-corrected chi connectivity index (χ4v) is 4.14. The average Bonchev–Trinajstić information content (AvgIpc) is 2.46. The third kappa shape index (κ3) is 4.32. The number of nitrogens with zero attached hydrogens (tertiary/aromatic N) is 2. The molecule has 1 aliphatic rings. The van der Waals surface area contributed by atoms with Crippen LogP contribution in [0.2, 0.25) is 0 Å². The molecule has 0 radical (unpaired) electrons. The first-order chi connectivity index (χ1) is 9.89. The third-order valence-corrected chi connectivity index (χ3v) is 6.15. The third-order valence-electron chi connectivity index (χ3n) is 3.48. The maximum Gasteiger partial charge on any atom is 0.243 e. The summed E-state index contributed by atoms with van der Waals surface area (Å²) in [6, 6.07) is 4.88. The lowest BCUT2D eigenvalue weighted by atomic mass is 10.3. The molecule has 0 bridgehead atoms. The van der Waals surface area contributed by atoms with Gasteiger partial charge in [-0.3, -0.25) is 9.11 Å². The molecule has 1 saturated heterocycles. The Morgan fingerprint density at radius 1 is 1.14 bits per heavy atom. The van der Waals surface area contributed by atoms with Crippen molar-refractivity contribution in [1.82, 2.24) is 9.21 Å². The molecule has 0 aromatic heterocycles. The second-order valence-corrected chi connectivity index (χ2v) is 8.47. The van der Waals surface area contributed by atoms with Crippen LogP contribution in [0.4, 0.5) is 4.39 Å². The molecule has 21 heavy (non-hydrogen) atoms. The molecule has 0 N–H and O–H groups in total. The molecule has 5 nitrogen and oxygen atoms in total. The zero-order valence-corrected chi connectivity index (χ0v) is 13.5. The number of hydrogen-bond acceptors (Lipinski definition) is 4. The van der Waals surface area contributed by atoms with Crippen molar-refractivity contribution in [2.45, 2.75) is 4.90 Å². The Morgan fingerprint density at radius 3 is 2.24 bits per heavy atom. The minimum atomic E-state index is -3.55. The van der Waals surface area contributed by atoms with E-state index in [0.717, 1.165) is 12.1 Å². The summed E-state index contributed by atoms with van der Waals surface area (Å²) in [5.74, 6) is 0.149. The van der Waals surface area contributed by atoms with E-state index in [4.69, 9.17) is 0 Å². The Labute approximate surface area is 127 Å². The smallest absolute Gasteiger partial charge is 0.243 e. The van der Waals surface area contributed by atoms with Gasteiger partial charge in [-0.1, -0.05) is 0 Å². The lowest BCUT2D eigenvalue weighted by Crippen LogP contribution is -2.49. The minimum absolute atomic E-state index is 0.118. The van der Waals surface area contributed by atoms with E-state index >= 15 is 0 Å². The first-order valence-electron chi connectivity index (χ1n) is 6.68. The Kier molecular flexibility index (Phi) is 5.48. The van der Waals surface area contributed by atoms with Crippen molar-refractivity contribution in [2.75, 3.05) is 44.7 Å². The van der Waals surface area contributed by atoms with Crippen LogP contribution in [-0.4, -0.2) is 66.6 Å². The fraction of sp³-hybridized carbons (Fsp3) is 0.538. The summed E-state index contributed by atoms with van der Waals surface area (Å²) in [5, 5.41) is 0. The van der Waals surface area contributed by atoms with E-state index in [0.29, 0.717) is 38.5 Å². The summed E-state index contributed by atoms with van der Waals surface area (Å²) in [6.45, 7) is 2.76. The van der Waals surface area contributed by atoms with Crippen molar-refractivity contribution in [2.24, 2.45) is 0 Å². The summed E-state index contributed by atoms with van der Waals surface area (Å²) in [5.41, 5.74) is 0. The standard InChI is InChI=1S/C13H19FN2O3S2/c1-20(17)11-10-15-6-8-16(9-7-15)21(18,19)13-4-2-12(14)3-5-13/h2-5H,6-11H2,1H3/t20-/m1/s1. The van der Waals surface area contributed by atoms with Gasteiger partial charge in [0.05, 0.1) is 4.90 Å². The number of sulfonamides is 1. The largest absolute Gasteiger partial charge is 0.300 e. The summed E-state index contributed by atoms with van der Waals surface area (Å²) >= 11 is 0. The van der Waals surface area contributed by atoms with Gasteiger partial charge in [-0.2, -0.15) is 4.31 Å². The van der Waals surface area contributed by atoms with Gasteiger partial charge in [0, 0.05) is 55.5 Å². The first kappa shape index (κ1) is 16.5. The molecule has 0 amide bonds. The van der Waals surface area contributed by atoms with Gasteiger partial charge in [0.1, 0.15) is 5.82 Å². The molecule has 2 rings (SSSR count). The predicted octanol–water partition coefficient (Wildman–Crippen LogP) is 0.511. The molecule has 0 aliphatic carbocycles. The van der Waals surface area contributed by atoms with Gasteiger partial charge < -0.3 is 0 Å².